The van der Waals surface area contributed by atoms with Crippen molar-refractivity contribution in [1.29, 1.82) is 0 Å². The third kappa shape index (κ3) is 5.17. The van der Waals surface area contributed by atoms with Gasteiger partial charge in [-0.3, -0.25) is 4.79 Å². The SMILES string of the molecule is C[C@@H](N)C(=O)N(C)Cc1ccc(OC(F)(F)F)cc1. The van der Waals surface area contributed by atoms with Crippen LogP contribution in [0.1, 0.15) is 12.5 Å². The van der Waals surface area contributed by atoms with Gasteiger partial charge in [-0.25, -0.2) is 0 Å². The molecule has 0 radical (unpaired) electrons. The Kier molecular flexibility index (Phi) is 4.77. The van der Waals surface area contributed by atoms with Crippen LogP contribution < -0.4 is 10.5 Å². The molecule has 106 valence electrons. The highest BCUT2D eigenvalue weighted by Gasteiger charge is 2.30. The molecular weight excluding hydrogens is 261 g/mol. The van der Waals surface area contributed by atoms with Crippen LogP contribution in [0.5, 0.6) is 5.75 Å². The molecular formula is C12H15F3N2O2. The monoisotopic (exact) mass is 276 g/mol. The lowest BCUT2D eigenvalue weighted by molar-refractivity contribution is -0.274. The molecule has 0 bridgehead atoms. The molecule has 7 heteroatoms. The molecule has 1 aromatic carbocycles. The summed E-state index contributed by atoms with van der Waals surface area (Å²) in [6, 6.07) is 4.72. The van der Waals surface area contributed by atoms with E-state index >= 15 is 0 Å². The molecule has 0 spiro atoms. The second-order valence-electron chi connectivity index (χ2n) is 4.17. The highest BCUT2D eigenvalue weighted by molar-refractivity contribution is 5.80. The number of amides is 1. The zero-order valence-corrected chi connectivity index (χ0v) is 10.6. The zero-order chi connectivity index (χ0) is 14.6. The Hall–Kier alpha value is -1.76. The fraction of sp³-hybridized carbons (Fsp3) is 0.417. The van der Waals surface area contributed by atoms with Gasteiger partial charge in [0.05, 0.1) is 6.04 Å². The van der Waals surface area contributed by atoms with Gasteiger partial charge < -0.3 is 15.4 Å². The minimum atomic E-state index is -4.71. The molecule has 1 aromatic rings. The fourth-order valence-electron chi connectivity index (χ4n) is 1.50. The van der Waals surface area contributed by atoms with Gasteiger partial charge in [-0.1, -0.05) is 12.1 Å². The molecule has 0 aliphatic heterocycles. The molecule has 1 atom stereocenters. The van der Waals surface area contributed by atoms with Crippen molar-refractivity contribution in [2.24, 2.45) is 5.73 Å². The number of nitrogens with two attached hydrogens (primary N) is 1. The van der Waals surface area contributed by atoms with Gasteiger partial charge >= 0.3 is 6.36 Å². The van der Waals surface area contributed by atoms with Crippen LogP contribution in [0.15, 0.2) is 24.3 Å². The van der Waals surface area contributed by atoms with Crippen LogP contribution in [-0.2, 0) is 11.3 Å². The molecule has 0 aromatic heterocycles. The maximum atomic E-state index is 12.0. The van der Waals surface area contributed by atoms with Gasteiger partial charge in [-0.2, -0.15) is 0 Å². The van der Waals surface area contributed by atoms with E-state index in [9.17, 15) is 18.0 Å². The molecule has 19 heavy (non-hydrogen) atoms. The van der Waals surface area contributed by atoms with Crippen molar-refractivity contribution in [2.45, 2.75) is 25.9 Å². The quantitative estimate of drug-likeness (QED) is 0.913. The summed E-state index contributed by atoms with van der Waals surface area (Å²) in [6.07, 6.45) is -4.71. The topological polar surface area (TPSA) is 55.6 Å². The average molecular weight is 276 g/mol. The van der Waals surface area contributed by atoms with Gasteiger partial charge in [0.15, 0.2) is 0 Å². The van der Waals surface area contributed by atoms with Gasteiger partial charge in [-0.15, -0.1) is 13.2 Å². The Labute approximate surface area is 108 Å². The number of likely N-dealkylation sites (N-methyl/N-ethyl adjacent to an activating group) is 1. The number of hydrogen-bond acceptors (Lipinski definition) is 3. The fourth-order valence-corrected chi connectivity index (χ4v) is 1.50. The van der Waals surface area contributed by atoms with Gasteiger partial charge in [0, 0.05) is 13.6 Å². The number of ether oxygens (including phenoxy) is 1. The van der Waals surface area contributed by atoms with E-state index in [1.807, 2.05) is 0 Å². The van der Waals surface area contributed by atoms with Crippen molar-refractivity contribution in [2.75, 3.05) is 7.05 Å². The van der Waals surface area contributed by atoms with E-state index in [-0.39, 0.29) is 18.2 Å². The van der Waals surface area contributed by atoms with E-state index in [0.717, 1.165) is 0 Å². The number of alkyl halides is 3. The largest absolute Gasteiger partial charge is 0.573 e. The van der Waals surface area contributed by atoms with E-state index in [0.29, 0.717) is 5.56 Å². The van der Waals surface area contributed by atoms with E-state index < -0.39 is 12.4 Å². The van der Waals surface area contributed by atoms with Gasteiger partial charge in [0.2, 0.25) is 5.91 Å². The van der Waals surface area contributed by atoms with E-state index in [2.05, 4.69) is 4.74 Å². The van der Waals surface area contributed by atoms with Crippen LogP contribution in [-0.4, -0.2) is 30.3 Å². The lowest BCUT2D eigenvalue weighted by Gasteiger charge is -2.19. The summed E-state index contributed by atoms with van der Waals surface area (Å²) in [5, 5.41) is 0. The molecule has 0 aliphatic carbocycles. The molecule has 2 N–H and O–H groups in total. The molecule has 0 heterocycles. The van der Waals surface area contributed by atoms with Crippen LogP contribution in [0.4, 0.5) is 13.2 Å². The van der Waals surface area contributed by atoms with Crippen molar-refractivity contribution >= 4 is 5.91 Å². The number of halogens is 3. The Balaban J connectivity index is 2.65. The minimum Gasteiger partial charge on any atom is -0.406 e. The lowest BCUT2D eigenvalue weighted by Crippen LogP contribution is -2.39. The smallest absolute Gasteiger partial charge is 0.406 e. The molecule has 0 saturated carbocycles. The summed E-state index contributed by atoms with van der Waals surface area (Å²) in [6.45, 7) is 1.84. The maximum Gasteiger partial charge on any atom is 0.573 e. The molecule has 0 fully saturated rings. The average Bonchev–Trinajstić information content (AvgIpc) is 2.28. The molecule has 4 nitrogen and oxygen atoms in total. The highest BCUT2D eigenvalue weighted by Crippen LogP contribution is 2.22. The second kappa shape index (κ2) is 5.92. The summed E-state index contributed by atoms with van der Waals surface area (Å²) in [4.78, 5) is 12.9. The lowest BCUT2D eigenvalue weighted by atomic mass is 10.2. The van der Waals surface area contributed by atoms with E-state index in [1.54, 1.807) is 14.0 Å². The van der Waals surface area contributed by atoms with Crippen molar-refractivity contribution in [3.63, 3.8) is 0 Å². The number of carbonyl (C=O) groups is 1. The molecule has 1 amide bonds. The third-order valence-electron chi connectivity index (χ3n) is 2.34. The van der Waals surface area contributed by atoms with Crippen LogP contribution >= 0.6 is 0 Å². The van der Waals surface area contributed by atoms with Crippen molar-refractivity contribution in [3.8, 4) is 5.75 Å². The Morgan fingerprint density at radius 1 is 1.37 bits per heavy atom. The zero-order valence-electron chi connectivity index (χ0n) is 10.6. The normalized spacial score (nSPS) is 12.9. The van der Waals surface area contributed by atoms with Gasteiger partial charge in [-0.05, 0) is 24.6 Å². The summed E-state index contributed by atoms with van der Waals surface area (Å²) in [5.74, 6) is -0.534. The first-order chi connectivity index (χ1) is 8.69. The van der Waals surface area contributed by atoms with Crippen LogP contribution in [0.25, 0.3) is 0 Å². The molecule has 0 unspecified atom stereocenters. The standard InChI is InChI=1S/C12H15F3N2O2/c1-8(16)11(18)17(2)7-9-3-5-10(6-4-9)19-12(13,14)15/h3-6,8H,7,16H2,1-2H3/t8-/m1/s1. The Morgan fingerprint density at radius 3 is 2.32 bits per heavy atom. The number of rotatable bonds is 4. The van der Waals surface area contributed by atoms with Gasteiger partial charge in [0.1, 0.15) is 5.75 Å². The number of benzene rings is 1. The first-order valence-electron chi connectivity index (χ1n) is 5.54. The highest BCUT2D eigenvalue weighted by atomic mass is 19.4. The first kappa shape index (κ1) is 15.3. The summed E-state index contributed by atoms with van der Waals surface area (Å²) in [5.41, 5.74) is 6.13. The molecule has 1 rings (SSSR count). The molecule has 0 saturated heterocycles. The minimum absolute atomic E-state index is 0.240. The third-order valence-corrected chi connectivity index (χ3v) is 2.34. The second-order valence-corrected chi connectivity index (χ2v) is 4.17. The predicted octanol–water partition coefficient (Wildman–Crippen LogP) is 1.89. The van der Waals surface area contributed by atoms with Gasteiger partial charge in [0.25, 0.3) is 0 Å². The number of carbonyl (C=O) groups excluding carboxylic acids is 1. The predicted molar refractivity (Wildman–Crippen MR) is 63.2 cm³/mol. The number of hydrogen-bond donors (Lipinski definition) is 1. The van der Waals surface area contributed by atoms with E-state index in [4.69, 9.17) is 5.73 Å². The maximum absolute atomic E-state index is 12.0. The molecule has 0 aliphatic rings. The van der Waals surface area contributed by atoms with Crippen LogP contribution in [0.2, 0.25) is 0 Å². The van der Waals surface area contributed by atoms with Crippen LogP contribution in [0, 0.1) is 0 Å². The van der Waals surface area contributed by atoms with Crippen molar-refractivity contribution in [3.05, 3.63) is 29.8 Å². The summed E-state index contributed by atoms with van der Waals surface area (Å²) < 4.78 is 39.6. The number of nitrogens with zero attached hydrogens (tertiary/aromatic N) is 1. The van der Waals surface area contributed by atoms with Crippen molar-refractivity contribution < 1.29 is 22.7 Å². The van der Waals surface area contributed by atoms with Crippen LogP contribution in [0.3, 0.4) is 0 Å². The first-order valence-corrected chi connectivity index (χ1v) is 5.54. The van der Waals surface area contributed by atoms with Crippen molar-refractivity contribution in [1.82, 2.24) is 4.90 Å². The van der Waals surface area contributed by atoms with E-state index in [1.165, 1.54) is 29.2 Å². The summed E-state index contributed by atoms with van der Waals surface area (Å²) in [7, 11) is 1.58. The Morgan fingerprint density at radius 2 is 1.89 bits per heavy atom. The summed E-state index contributed by atoms with van der Waals surface area (Å²) >= 11 is 0. The Bertz CT molecular complexity index is 430.